The maximum atomic E-state index is 12.2. The fourth-order valence-electron chi connectivity index (χ4n) is 3.73. The summed E-state index contributed by atoms with van der Waals surface area (Å²) >= 11 is 0. The van der Waals surface area contributed by atoms with Crippen molar-refractivity contribution < 1.29 is 14.3 Å². The maximum absolute atomic E-state index is 12.2. The number of carbonyl (C=O) groups is 1. The van der Waals surface area contributed by atoms with Crippen LogP contribution in [0.25, 0.3) is 0 Å². The number of furan rings is 1. The van der Waals surface area contributed by atoms with E-state index in [9.17, 15) is 9.90 Å². The molecule has 0 spiro atoms. The average molecular weight is 306 g/mol. The summed E-state index contributed by atoms with van der Waals surface area (Å²) in [4.78, 5) is 14.5. The second-order valence-electron chi connectivity index (χ2n) is 6.69. The summed E-state index contributed by atoms with van der Waals surface area (Å²) in [5.41, 5.74) is -0.780. The molecule has 1 aromatic heterocycles. The van der Waals surface area contributed by atoms with Gasteiger partial charge in [0, 0.05) is 6.54 Å². The average Bonchev–Trinajstić information content (AvgIpc) is 3.21. The zero-order valence-electron chi connectivity index (χ0n) is 13.1. The summed E-state index contributed by atoms with van der Waals surface area (Å²) < 4.78 is 5.55. The van der Waals surface area contributed by atoms with Crippen molar-refractivity contribution in [2.75, 3.05) is 19.6 Å². The summed E-state index contributed by atoms with van der Waals surface area (Å²) in [6.45, 7) is 2.64. The molecule has 1 aromatic rings. The maximum Gasteiger partial charge on any atom is 0.222 e. The highest BCUT2D eigenvalue weighted by atomic mass is 16.3. The van der Waals surface area contributed by atoms with Gasteiger partial charge < -0.3 is 14.8 Å². The van der Waals surface area contributed by atoms with Crippen molar-refractivity contribution in [1.82, 2.24) is 10.2 Å². The van der Waals surface area contributed by atoms with E-state index >= 15 is 0 Å². The van der Waals surface area contributed by atoms with Gasteiger partial charge in [0.2, 0.25) is 5.91 Å². The topological polar surface area (TPSA) is 65.7 Å². The van der Waals surface area contributed by atoms with Crippen LogP contribution in [0.2, 0.25) is 0 Å². The van der Waals surface area contributed by atoms with Crippen molar-refractivity contribution in [3.8, 4) is 0 Å². The van der Waals surface area contributed by atoms with Crippen LogP contribution in [-0.4, -0.2) is 41.1 Å². The molecule has 5 heteroatoms. The van der Waals surface area contributed by atoms with Crippen LogP contribution in [0.5, 0.6) is 0 Å². The van der Waals surface area contributed by atoms with Crippen molar-refractivity contribution in [2.45, 2.75) is 56.6 Å². The van der Waals surface area contributed by atoms with Gasteiger partial charge in [0.15, 0.2) is 0 Å². The number of likely N-dealkylation sites (tertiary alicyclic amines) is 1. The summed E-state index contributed by atoms with van der Waals surface area (Å²) in [6, 6.07) is 3.96. The molecule has 122 valence electrons. The Balaban J connectivity index is 1.55. The lowest BCUT2D eigenvalue weighted by atomic mass is 9.97. The molecule has 2 N–H and O–H groups in total. The van der Waals surface area contributed by atoms with E-state index in [0.29, 0.717) is 6.54 Å². The zero-order valence-corrected chi connectivity index (χ0v) is 13.1. The molecule has 2 heterocycles. The van der Waals surface area contributed by atoms with Crippen LogP contribution in [0, 0.1) is 0 Å². The largest absolute Gasteiger partial charge is 0.468 e. The molecular weight excluding hydrogens is 280 g/mol. The Kier molecular flexibility index (Phi) is 4.84. The van der Waals surface area contributed by atoms with Gasteiger partial charge in [0.1, 0.15) is 5.76 Å². The first-order valence-corrected chi connectivity index (χ1v) is 8.43. The molecular formula is C17H26N2O3. The Hall–Kier alpha value is -1.33. The van der Waals surface area contributed by atoms with Crippen molar-refractivity contribution >= 4 is 5.91 Å². The van der Waals surface area contributed by atoms with E-state index < -0.39 is 5.60 Å². The molecule has 1 saturated heterocycles. The third-order valence-corrected chi connectivity index (χ3v) is 4.97. The zero-order chi connectivity index (χ0) is 15.4. The third-order valence-electron chi connectivity index (χ3n) is 4.97. The molecule has 2 fully saturated rings. The predicted octanol–water partition coefficient (Wildman–Crippen LogP) is 2.23. The van der Waals surface area contributed by atoms with Crippen molar-refractivity contribution in [3.63, 3.8) is 0 Å². The number of carbonyl (C=O) groups excluding carboxylic acids is 1. The normalized spacial score (nSPS) is 22.8. The molecule has 1 amide bonds. The second-order valence-corrected chi connectivity index (χ2v) is 6.69. The van der Waals surface area contributed by atoms with Gasteiger partial charge in [-0.1, -0.05) is 12.8 Å². The molecule has 1 atom stereocenters. The van der Waals surface area contributed by atoms with Gasteiger partial charge in [-0.05, 0) is 50.9 Å². The number of aliphatic hydroxyl groups is 1. The number of hydrogen-bond acceptors (Lipinski definition) is 4. The fourth-order valence-corrected chi connectivity index (χ4v) is 3.73. The second kappa shape index (κ2) is 6.84. The number of hydrogen-bond donors (Lipinski definition) is 2. The standard InChI is InChI=1S/C17H26N2O3/c20-16(12-17(21)7-1-2-8-17)18-13-14(15-6-5-11-22-15)19-9-3-4-10-19/h5-6,11,14,21H,1-4,7-10,12-13H2,(H,18,20). The SMILES string of the molecule is O=C(CC1(O)CCCC1)NCC(c1ccco1)N1CCCC1. The molecule has 1 unspecified atom stereocenters. The van der Waals surface area contributed by atoms with Crippen LogP contribution in [0.4, 0.5) is 0 Å². The van der Waals surface area contributed by atoms with Gasteiger partial charge in [-0.15, -0.1) is 0 Å². The number of rotatable bonds is 6. The smallest absolute Gasteiger partial charge is 0.222 e. The minimum absolute atomic E-state index is 0.0554. The van der Waals surface area contributed by atoms with Gasteiger partial charge in [0.25, 0.3) is 0 Å². The van der Waals surface area contributed by atoms with Gasteiger partial charge in [-0.2, -0.15) is 0 Å². The van der Waals surface area contributed by atoms with Crippen molar-refractivity contribution in [3.05, 3.63) is 24.2 Å². The summed E-state index contributed by atoms with van der Waals surface area (Å²) in [6.07, 6.45) is 7.83. The molecule has 1 saturated carbocycles. The third kappa shape index (κ3) is 3.70. The Morgan fingerprint density at radius 2 is 2.05 bits per heavy atom. The summed E-state index contributed by atoms with van der Waals surface area (Å²) in [7, 11) is 0. The molecule has 3 rings (SSSR count). The Morgan fingerprint density at radius 1 is 1.32 bits per heavy atom. The highest BCUT2D eigenvalue weighted by Crippen LogP contribution is 2.32. The number of nitrogens with one attached hydrogen (secondary N) is 1. The Morgan fingerprint density at radius 3 is 2.68 bits per heavy atom. The van der Waals surface area contributed by atoms with E-state index in [4.69, 9.17) is 4.42 Å². The lowest BCUT2D eigenvalue weighted by molar-refractivity contribution is -0.126. The van der Waals surface area contributed by atoms with Crippen molar-refractivity contribution in [2.24, 2.45) is 0 Å². The number of amides is 1. The molecule has 5 nitrogen and oxygen atoms in total. The van der Waals surface area contributed by atoms with Gasteiger partial charge in [-0.3, -0.25) is 9.69 Å². The Bertz CT molecular complexity index is 474. The van der Waals surface area contributed by atoms with E-state index in [1.54, 1.807) is 6.26 Å². The quantitative estimate of drug-likeness (QED) is 0.846. The van der Waals surface area contributed by atoms with Gasteiger partial charge >= 0.3 is 0 Å². The van der Waals surface area contributed by atoms with Gasteiger partial charge in [-0.25, -0.2) is 0 Å². The lowest BCUT2D eigenvalue weighted by Crippen LogP contribution is -2.39. The minimum Gasteiger partial charge on any atom is -0.468 e. The molecule has 1 aliphatic carbocycles. The summed E-state index contributed by atoms with van der Waals surface area (Å²) in [5, 5.41) is 13.3. The fraction of sp³-hybridized carbons (Fsp3) is 0.706. The predicted molar refractivity (Wildman–Crippen MR) is 83.3 cm³/mol. The molecule has 0 bridgehead atoms. The van der Waals surface area contributed by atoms with Crippen LogP contribution in [0.3, 0.4) is 0 Å². The molecule has 2 aliphatic rings. The summed E-state index contributed by atoms with van der Waals surface area (Å²) in [5.74, 6) is 0.849. The number of nitrogens with zero attached hydrogens (tertiary/aromatic N) is 1. The minimum atomic E-state index is -0.780. The highest BCUT2D eigenvalue weighted by molar-refractivity contribution is 5.77. The van der Waals surface area contributed by atoms with Crippen LogP contribution in [-0.2, 0) is 4.79 Å². The molecule has 0 aromatic carbocycles. The van der Waals surface area contributed by atoms with E-state index in [2.05, 4.69) is 10.2 Å². The molecule has 1 aliphatic heterocycles. The highest BCUT2D eigenvalue weighted by Gasteiger charge is 2.34. The molecule has 0 radical (unpaired) electrons. The lowest BCUT2D eigenvalue weighted by Gasteiger charge is -2.27. The van der Waals surface area contributed by atoms with Crippen LogP contribution in [0.15, 0.2) is 22.8 Å². The van der Waals surface area contributed by atoms with Crippen LogP contribution < -0.4 is 5.32 Å². The van der Waals surface area contributed by atoms with E-state index in [-0.39, 0.29) is 18.4 Å². The van der Waals surface area contributed by atoms with Crippen LogP contribution in [0.1, 0.15) is 56.7 Å². The van der Waals surface area contributed by atoms with Gasteiger partial charge in [0.05, 0.1) is 24.3 Å². The first-order valence-electron chi connectivity index (χ1n) is 8.43. The Labute approximate surface area is 131 Å². The monoisotopic (exact) mass is 306 g/mol. The first kappa shape index (κ1) is 15.6. The van der Waals surface area contributed by atoms with E-state index in [0.717, 1.165) is 44.5 Å². The first-order chi connectivity index (χ1) is 10.7. The van der Waals surface area contributed by atoms with Crippen molar-refractivity contribution in [1.29, 1.82) is 0 Å². The van der Waals surface area contributed by atoms with Crippen LogP contribution >= 0.6 is 0 Å². The van der Waals surface area contributed by atoms with E-state index in [1.807, 2.05) is 12.1 Å². The van der Waals surface area contributed by atoms with E-state index in [1.165, 1.54) is 12.8 Å². The molecule has 22 heavy (non-hydrogen) atoms.